The molecule has 0 heterocycles. The molecule has 2 N–H and O–H groups in total. The molecule has 82 valence electrons. The van der Waals surface area contributed by atoms with Gasteiger partial charge in [-0.05, 0) is 12.1 Å². The van der Waals surface area contributed by atoms with E-state index >= 15 is 0 Å². The monoisotopic (exact) mass is 214 g/mol. The van der Waals surface area contributed by atoms with Crippen molar-refractivity contribution in [1.82, 2.24) is 0 Å². The molecule has 0 aliphatic rings. The molecule has 5 heteroatoms. The van der Waals surface area contributed by atoms with Gasteiger partial charge < -0.3 is 10.5 Å². The molecule has 0 aromatic heterocycles. The number of ether oxygens (including phenoxy) is 1. The molecule has 1 aromatic rings. The first-order valence-electron chi connectivity index (χ1n) is 4.39. The van der Waals surface area contributed by atoms with Crippen LogP contribution in [0.1, 0.15) is 5.56 Å². The number of benzene rings is 1. The van der Waals surface area contributed by atoms with Crippen molar-refractivity contribution in [3.8, 4) is 0 Å². The lowest BCUT2D eigenvalue weighted by Gasteiger charge is -2.01. The van der Waals surface area contributed by atoms with Crippen molar-refractivity contribution in [2.24, 2.45) is 10.7 Å². The minimum atomic E-state index is -0.671. The van der Waals surface area contributed by atoms with Crippen molar-refractivity contribution >= 4 is 5.84 Å². The fraction of sp³-hybridized carbons (Fsp3) is 0.300. The average Bonchev–Trinajstić information content (AvgIpc) is 2.16. The number of nitrogens with two attached hydrogens (primary N) is 1. The normalized spacial score (nSPS) is 11.8. The fourth-order valence-corrected chi connectivity index (χ4v) is 1.05. The highest BCUT2D eigenvalue weighted by atomic mass is 19.1. The Morgan fingerprint density at radius 1 is 1.33 bits per heavy atom. The number of methoxy groups -OCH3 is 1. The second kappa shape index (κ2) is 5.41. The van der Waals surface area contributed by atoms with E-state index in [9.17, 15) is 8.78 Å². The van der Waals surface area contributed by atoms with Crippen LogP contribution in [0.3, 0.4) is 0 Å². The van der Waals surface area contributed by atoms with Crippen LogP contribution in [0.5, 0.6) is 0 Å². The summed E-state index contributed by atoms with van der Waals surface area (Å²) in [5, 5.41) is 0. The minimum Gasteiger partial charge on any atom is -0.384 e. The third-order valence-electron chi connectivity index (χ3n) is 1.74. The van der Waals surface area contributed by atoms with Crippen LogP contribution >= 0.6 is 0 Å². The summed E-state index contributed by atoms with van der Waals surface area (Å²) in [6.07, 6.45) is 0. The van der Waals surface area contributed by atoms with Crippen molar-refractivity contribution in [1.29, 1.82) is 0 Å². The Hall–Kier alpha value is -1.49. The Bertz CT molecular complexity index is 346. The Labute approximate surface area is 86.6 Å². The summed E-state index contributed by atoms with van der Waals surface area (Å²) in [7, 11) is 1.54. The van der Waals surface area contributed by atoms with Gasteiger partial charge in [-0.3, -0.25) is 4.99 Å². The zero-order valence-electron chi connectivity index (χ0n) is 8.34. The Morgan fingerprint density at radius 3 is 2.47 bits per heavy atom. The molecule has 0 fully saturated rings. The summed E-state index contributed by atoms with van der Waals surface area (Å²) in [4.78, 5) is 3.90. The summed E-state index contributed by atoms with van der Waals surface area (Å²) in [6, 6.07) is 3.05. The number of aliphatic imine (C=N–C) groups is 1. The maximum atomic E-state index is 12.8. The van der Waals surface area contributed by atoms with Gasteiger partial charge in [0.2, 0.25) is 0 Å². The quantitative estimate of drug-likeness (QED) is 0.466. The van der Waals surface area contributed by atoms with Crippen molar-refractivity contribution < 1.29 is 13.5 Å². The van der Waals surface area contributed by atoms with Gasteiger partial charge in [-0.15, -0.1) is 0 Å². The van der Waals surface area contributed by atoms with Crippen LogP contribution in [0.2, 0.25) is 0 Å². The molecule has 0 aliphatic carbocycles. The third kappa shape index (κ3) is 3.63. The van der Waals surface area contributed by atoms with E-state index in [1.54, 1.807) is 0 Å². The zero-order valence-corrected chi connectivity index (χ0v) is 8.34. The number of halogens is 2. The van der Waals surface area contributed by atoms with Gasteiger partial charge in [0.15, 0.2) is 0 Å². The standard InChI is InChI=1S/C10H12F2N2O/c1-15-3-2-14-10(13)7-4-8(11)6-9(12)5-7/h4-6H,2-3H2,1H3,(H2,13,14). The van der Waals surface area contributed by atoms with Gasteiger partial charge in [0, 0.05) is 18.7 Å². The van der Waals surface area contributed by atoms with Gasteiger partial charge in [-0.1, -0.05) is 0 Å². The lowest BCUT2D eigenvalue weighted by molar-refractivity contribution is 0.208. The van der Waals surface area contributed by atoms with Gasteiger partial charge in [0.05, 0.1) is 13.2 Å². The summed E-state index contributed by atoms with van der Waals surface area (Å²) in [6.45, 7) is 0.777. The van der Waals surface area contributed by atoms with Gasteiger partial charge in [-0.25, -0.2) is 8.78 Å². The average molecular weight is 214 g/mol. The maximum absolute atomic E-state index is 12.8. The van der Waals surface area contributed by atoms with E-state index in [-0.39, 0.29) is 11.4 Å². The van der Waals surface area contributed by atoms with E-state index in [0.29, 0.717) is 13.2 Å². The predicted octanol–water partition coefficient (Wildman–Crippen LogP) is 1.32. The van der Waals surface area contributed by atoms with Crippen molar-refractivity contribution in [2.75, 3.05) is 20.3 Å². The van der Waals surface area contributed by atoms with Crippen LogP contribution in [0.15, 0.2) is 23.2 Å². The van der Waals surface area contributed by atoms with Gasteiger partial charge in [0.25, 0.3) is 0 Å². The third-order valence-corrected chi connectivity index (χ3v) is 1.74. The van der Waals surface area contributed by atoms with Crippen LogP contribution in [0.4, 0.5) is 8.78 Å². The van der Waals surface area contributed by atoms with Crippen LogP contribution in [-0.4, -0.2) is 26.1 Å². The van der Waals surface area contributed by atoms with E-state index in [1.165, 1.54) is 7.11 Å². The second-order valence-corrected chi connectivity index (χ2v) is 2.92. The molecule has 0 atom stereocenters. The van der Waals surface area contributed by atoms with Crippen LogP contribution < -0.4 is 5.73 Å². The minimum absolute atomic E-state index is 0.102. The molecule has 3 nitrogen and oxygen atoms in total. The van der Waals surface area contributed by atoms with Gasteiger partial charge in [-0.2, -0.15) is 0 Å². The summed E-state index contributed by atoms with van der Waals surface area (Å²) >= 11 is 0. The molecule has 0 saturated heterocycles. The summed E-state index contributed by atoms with van der Waals surface area (Å²) in [5.41, 5.74) is 5.77. The maximum Gasteiger partial charge on any atom is 0.126 e. The van der Waals surface area contributed by atoms with Crippen LogP contribution in [0.25, 0.3) is 0 Å². The molecule has 1 rings (SSSR count). The smallest absolute Gasteiger partial charge is 0.126 e. The predicted molar refractivity (Wildman–Crippen MR) is 53.8 cm³/mol. The highest BCUT2D eigenvalue weighted by Crippen LogP contribution is 2.07. The van der Waals surface area contributed by atoms with E-state index in [4.69, 9.17) is 10.5 Å². The zero-order chi connectivity index (χ0) is 11.3. The lowest BCUT2D eigenvalue weighted by Crippen LogP contribution is -2.15. The Kier molecular flexibility index (Phi) is 4.17. The molecule has 1 aromatic carbocycles. The number of hydrogen-bond donors (Lipinski definition) is 1. The van der Waals surface area contributed by atoms with Gasteiger partial charge in [0.1, 0.15) is 17.5 Å². The van der Waals surface area contributed by atoms with E-state index in [1.807, 2.05) is 0 Å². The number of amidine groups is 1. The Balaban J connectivity index is 2.81. The van der Waals surface area contributed by atoms with Crippen LogP contribution in [-0.2, 0) is 4.74 Å². The molecule has 0 saturated carbocycles. The first-order valence-corrected chi connectivity index (χ1v) is 4.39. The summed E-state index contributed by atoms with van der Waals surface area (Å²) < 4.78 is 30.4. The first kappa shape index (κ1) is 11.6. The van der Waals surface area contributed by atoms with Crippen LogP contribution in [0, 0.1) is 11.6 Å². The topological polar surface area (TPSA) is 47.6 Å². The lowest BCUT2D eigenvalue weighted by atomic mass is 10.2. The molecule has 0 unspecified atom stereocenters. The highest BCUT2D eigenvalue weighted by molar-refractivity contribution is 5.97. The number of hydrogen-bond acceptors (Lipinski definition) is 2. The molecular weight excluding hydrogens is 202 g/mol. The second-order valence-electron chi connectivity index (χ2n) is 2.92. The molecule has 0 radical (unpaired) electrons. The molecule has 15 heavy (non-hydrogen) atoms. The van der Waals surface area contributed by atoms with Gasteiger partial charge >= 0.3 is 0 Å². The van der Waals surface area contributed by atoms with Crippen molar-refractivity contribution in [3.63, 3.8) is 0 Å². The molecular formula is C10H12F2N2O. The molecule has 0 spiro atoms. The van der Waals surface area contributed by atoms with E-state index < -0.39 is 11.6 Å². The SMILES string of the molecule is COCCN=C(N)c1cc(F)cc(F)c1. The Morgan fingerprint density at radius 2 is 1.93 bits per heavy atom. The first-order chi connectivity index (χ1) is 7.13. The molecule has 0 bridgehead atoms. The van der Waals surface area contributed by atoms with E-state index in [0.717, 1.165) is 18.2 Å². The van der Waals surface area contributed by atoms with E-state index in [2.05, 4.69) is 4.99 Å². The fourth-order valence-electron chi connectivity index (χ4n) is 1.05. The largest absolute Gasteiger partial charge is 0.384 e. The number of rotatable bonds is 4. The molecule has 0 amide bonds. The van der Waals surface area contributed by atoms with Crippen molar-refractivity contribution in [2.45, 2.75) is 0 Å². The van der Waals surface area contributed by atoms with Crippen molar-refractivity contribution in [3.05, 3.63) is 35.4 Å². The molecule has 0 aliphatic heterocycles. The number of nitrogens with zero attached hydrogens (tertiary/aromatic N) is 1. The summed E-state index contributed by atoms with van der Waals surface area (Å²) in [5.74, 6) is -1.24. The highest BCUT2D eigenvalue weighted by Gasteiger charge is 2.03.